The van der Waals surface area contributed by atoms with Crippen LogP contribution in [0.2, 0.25) is 0 Å². The first-order valence-electron chi connectivity index (χ1n) is 11.8. The van der Waals surface area contributed by atoms with Crippen LogP contribution < -0.4 is 10.6 Å². The van der Waals surface area contributed by atoms with E-state index < -0.39 is 10.2 Å². The van der Waals surface area contributed by atoms with Crippen molar-refractivity contribution >= 4 is 49.3 Å². The fourth-order valence-corrected chi connectivity index (χ4v) is 8.21. The molecule has 0 saturated carbocycles. The molecule has 1 unspecified atom stereocenters. The summed E-state index contributed by atoms with van der Waals surface area (Å²) < 4.78 is 29.6. The molecule has 0 aliphatic carbocycles. The van der Waals surface area contributed by atoms with Crippen molar-refractivity contribution in [3.63, 3.8) is 0 Å². The van der Waals surface area contributed by atoms with Crippen LogP contribution in [0.3, 0.4) is 0 Å². The molecule has 0 spiro atoms. The van der Waals surface area contributed by atoms with E-state index in [4.69, 9.17) is 15.2 Å². The van der Waals surface area contributed by atoms with Crippen LogP contribution in [-0.2, 0) is 10.2 Å². The first kappa shape index (κ1) is 22.6. The second-order valence-corrected chi connectivity index (χ2v) is 12.6. The minimum atomic E-state index is -3.53. The number of thiazole rings is 1. The van der Waals surface area contributed by atoms with Crippen LogP contribution in [0, 0.1) is 24.2 Å². The minimum absolute atomic E-state index is 0.0475. The molecule has 1 aromatic carbocycles. The summed E-state index contributed by atoms with van der Waals surface area (Å²) >= 11 is 1.57. The van der Waals surface area contributed by atoms with Gasteiger partial charge in [0.1, 0.15) is 5.82 Å². The van der Waals surface area contributed by atoms with E-state index in [0.29, 0.717) is 37.7 Å². The first-order valence-corrected chi connectivity index (χ1v) is 14.0. The van der Waals surface area contributed by atoms with Gasteiger partial charge in [-0.1, -0.05) is 12.1 Å². The second-order valence-electron chi connectivity index (χ2n) is 9.49. The summed E-state index contributed by atoms with van der Waals surface area (Å²) in [7, 11) is -3.53. The summed E-state index contributed by atoms with van der Waals surface area (Å²) in [6.45, 7) is 2.62. The number of hydrogen-bond acceptors (Lipinski definition) is 9. The Morgan fingerprint density at radius 3 is 2.57 bits per heavy atom. The molecule has 2 N–H and O–H groups in total. The molecular formula is C23H26N8O2S2. The van der Waals surface area contributed by atoms with E-state index >= 15 is 0 Å². The highest BCUT2D eigenvalue weighted by Crippen LogP contribution is 2.41. The van der Waals surface area contributed by atoms with Gasteiger partial charge in [0.05, 0.1) is 17.5 Å². The maximum atomic E-state index is 13.2. The third-order valence-corrected chi connectivity index (χ3v) is 9.98. The average molecular weight is 511 g/mol. The van der Waals surface area contributed by atoms with Gasteiger partial charge in [0.2, 0.25) is 5.95 Å². The average Bonchev–Trinajstić information content (AvgIpc) is 3.33. The zero-order valence-corrected chi connectivity index (χ0v) is 20.9. The van der Waals surface area contributed by atoms with Crippen molar-refractivity contribution in [3.8, 4) is 6.07 Å². The second kappa shape index (κ2) is 8.67. The van der Waals surface area contributed by atoms with Gasteiger partial charge in [0.15, 0.2) is 5.13 Å². The lowest BCUT2D eigenvalue weighted by Crippen LogP contribution is -2.59. The highest BCUT2D eigenvalue weighted by molar-refractivity contribution is 7.86. The number of nitrogens with one attached hydrogen (secondary N) is 2. The van der Waals surface area contributed by atoms with E-state index in [2.05, 4.69) is 21.7 Å². The highest BCUT2D eigenvalue weighted by atomic mass is 32.2. The smallest absolute Gasteiger partial charge is 0.282 e. The van der Waals surface area contributed by atoms with Crippen LogP contribution in [0.4, 0.5) is 16.9 Å². The van der Waals surface area contributed by atoms with Crippen molar-refractivity contribution < 1.29 is 8.42 Å². The Kier molecular flexibility index (Phi) is 5.60. The largest absolute Gasteiger partial charge is 0.351 e. The number of aromatic nitrogens is 3. The van der Waals surface area contributed by atoms with E-state index in [1.54, 1.807) is 15.6 Å². The summed E-state index contributed by atoms with van der Waals surface area (Å²) in [5.41, 5.74) is 0.827. The molecule has 35 heavy (non-hydrogen) atoms. The Morgan fingerprint density at radius 2 is 1.89 bits per heavy atom. The molecule has 182 valence electrons. The first-order chi connectivity index (χ1) is 16.9. The van der Waals surface area contributed by atoms with Gasteiger partial charge in [-0.3, -0.25) is 0 Å². The van der Waals surface area contributed by atoms with Crippen LogP contribution in [-0.4, -0.2) is 63.2 Å². The molecule has 0 radical (unpaired) electrons. The van der Waals surface area contributed by atoms with Crippen molar-refractivity contribution in [1.29, 1.82) is 5.26 Å². The summed E-state index contributed by atoms with van der Waals surface area (Å²) in [5, 5.41) is 17.5. The number of nitriles is 1. The SMILES string of the molecule is Cc1cnc(Nc2nc(NC3C[C@H]4CC[C@@H](C3)N4S(=O)(=O)N3CC(C#N)C3)nc3ccccc23)s1. The summed E-state index contributed by atoms with van der Waals surface area (Å²) in [4.78, 5) is 15.0. The number of para-hydroxylation sites is 1. The molecule has 3 fully saturated rings. The zero-order valence-electron chi connectivity index (χ0n) is 19.3. The number of piperidine rings is 1. The van der Waals surface area contributed by atoms with Gasteiger partial charge >= 0.3 is 0 Å². The van der Waals surface area contributed by atoms with Crippen molar-refractivity contribution in [2.75, 3.05) is 23.7 Å². The maximum Gasteiger partial charge on any atom is 0.282 e. The monoisotopic (exact) mass is 510 g/mol. The molecule has 3 saturated heterocycles. The van der Waals surface area contributed by atoms with Crippen molar-refractivity contribution in [2.45, 2.75) is 50.7 Å². The normalized spacial score (nSPS) is 25.3. The predicted octanol–water partition coefficient (Wildman–Crippen LogP) is 3.25. The molecule has 2 aromatic heterocycles. The molecule has 3 aromatic rings. The van der Waals surface area contributed by atoms with Crippen molar-refractivity contribution in [2.24, 2.45) is 5.92 Å². The van der Waals surface area contributed by atoms with E-state index in [-0.39, 0.29) is 24.0 Å². The van der Waals surface area contributed by atoms with Crippen LogP contribution >= 0.6 is 11.3 Å². The lowest BCUT2D eigenvalue weighted by molar-refractivity contribution is 0.182. The molecule has 3 aliphatic heterocycles. The van der Waals surface area contributed by atoms with Gasteiger partial charge in [0.25, 0.3) is 10.2 Å². The van der Waals surface area contributed by atoms with Gasteiger partial charge in [0, 0.05) is 47.7 Å². The summed E-state index contributed by atoms with van der Waals surface area (Å²) in [6, 6.07) is 10.00. The zero-order chi connectivity index (χ0) is 24.2. The van der Waals surface area contributed by atoms with Crippen molar-refractivity contribution in [1.82, 2.24) is 23.6 Å². The Hall–Kier alpha value is -2.85. The highest BCUT2D eigenvalue weighted by Gasteiger charge is 2.51. The molecule has 2 bridgehead atoms. The molecule has 3 aliphatic rings. The quantitative estimate of drug-likeness (QED) is 0.517. The van der Waals surface area contributed by atoms with Gasteiger partial charge < -0.3 is 10.6 Å². The number of hydrogen-bond donors (Lipinski definition) is 2. The van der Waals surface area contributed by atoms with Gasteiger partial charge in [-0.25, -0.2) is 9.97 Å². The molecule has 12 heteroatoms. The molecule has 6 rings (SSSR count). The molecule has 10 nitrogen and oxygen atoms in total. The Labute approximate surface area is 208 Å². The lowest BCUT2D eigenvalue weighted by atomic mass is 10.00. The van der Waals surface area contributed by atoms with E-state index in [1.807, 2.05) is 37.4 Å². The number of rotatable bonds is 6. The van der Waals surface area contributed by atoms with Crippen molar-refractivity contribution in [3.05, 3.63) is 35.3 Å². The molecule has 5 heterocycles. The van der Waals surface area contributed by atoms with E-state index in [9.17, 15) is 8.42 Å². The Bertz CT molecular complexity index is 1400. The Morgan fingerprint density at radius 1 is 1.14 bits per heavy atom. The number of nitrogens with zero attached hydrogens (tertiary/aromatic N) is 6. The predicted molar refractivity (Wildman–Crippen MR) is 135 cm³/mol. The molecule has 0 amide bonds. The molecule has 3 atom stereocenters. The number of anilines is 3. The lowest BCUT2D eigenvalue weighted by Gasteiger charge is -2.43. The van der Waals surface area contributed by atoms with Crippen LogP contribution in [0.5, 0.6) is 0 Å². The fraction of sp³-hybridized carbons (Fsp3) is 0.478. The number of benzene rings is 1. The standard InChI is InChI=1S/C23H26N8O2S2/c1-14-11-25-23(34-14)29-21-19-4-2-3-5-20(19)27-22(28-21)26-16-8-17-6-7-18(9-16)31(17)35(32,33)30-12-15(10-24)13-30/h2-5,11,15-18H,6-9,12-13H2,1H3,(H2,25,26,27,28,29)/t16?,17-,18+. The van der Waals surface area contributed by atoms with E-state index in [0.717, 1.165) is 33.8 Å². The summed E-state index contributed by atoms with van der Waals surface area (Å²) in [5.74, 6) is 1.03. The minimum Gasteiger partial charge on any atom is -0.351 e. The summed E-state index contributed by atoms with van der Waals surface area (Å²) in [6.07, 6.45) is 4.94. The Balaban J connectivity index is 1.21. The maximum absolute atomic E-state index is 13.2. The van der Waals surface area contributed by atoms with Crippen LogP contribution in [0.15, 0.2) is 30.5 Å². The number of fused-ring (bicyclic) bond motifs is 3. The van der Waals surface area contributed by atoms with Crippen LogP contribution in [0.25, 0.3) is 10.9 Å². The number of aryl methyl sites for hydroxylation is 1. The van der Waals surface area contributed by atoms with Crippen LogP contribution in [0.1, 0.15) is 30.6 Å². The molecular weight excluding hydrogens is 484 g/mol. The van der Waals surface area contributed by atoms with E-state index in [1.165, 1.54) is 4.31 Å². The van der Waals surface area contributed by atoms with Gasteiger partial charge in [-0.15, -0.1) is 11.3 Å². The topological polar surface area (TPSA) is 127 Å². The fourth-order valence-electron chi connectivity index (χ4n) is 5.40. The third-order valence-electron chi connectivity index (χ3n) is 7.07. The van der Waals surface area contributed by atoms with Gasteiger partial charge in [-0.2, -0.15) is 27.3 Å². The third kappa shape index (κ3) is 4.12. The van der Waals surface area contributed by atoms with Gasteiger partial charge in [-0.05, 0) is 44.7 Å².